The molecule has 6 nitrogen and oxygen atoms in total. The molecule has 4 aromatic rings. The maximum Gasteiger partial charge on any atom is 0.227 e. The van der Waals surface area contributed by atoms with E-state index in [2.05, 4.69) is 62.5 Å². The molecule has 5 rings (SSSR count). The molecule has 1 N–H and O–H groups in total. The number of rotatable bonds is 8. The largest absolute Gasteiger partial charge is 0.489 e. The number of hydrogen-bond acceptors (Lipinski definition) is 6. The number of nitrogens with one attached hydrogen (secondary N) is 1. The van der Waals surface area contributed by atoms with Crippen LogP contribution >= 0.6 is 11.8 Å². The molecule has 1 atom stereocenters. The molecule has 2 heterocycles. The average Bonchev–Trinajstić information content (AvgIpc) is 3.33. The van der Waals surface area contributed by atoms with Gasteiger partial charge in [0.1, 0.15) is 18.4 Å². The average molecular weight is 539 g/mol. The number of hydrogen-bond donors (Lipinski definition) is 1. The first-order chi connectivity index (χ1) is 18.7. The fraction of sp³-hybridized carbons (Fsp3) is 0.281. The molecule has 0 bridgehead atoms. The van der Waals surface area contributed by atoms with Gasteiger partial charge in [0, 0.05) is 17.0 Å². The van der Waals surface area contributed by atoms with Gasteiger partial charge in [-0.2, -0.15) is 4.98 Å². The third-order valence-corrected chi connectivity index (χ3v) is 7.75. The van der Waals surface area contributed by atoms with Gasteiger partial charge in [-0.25, -0.2) is 4.68 Å². The lowest BCUT2D eigenvalue weighted by Gasteiger charge is -2.28. The van der Waals surface area contributed by atoms with Gasteiger partial charge in [0.05, 0.1) is 0 Å². The minimum Gasteiger partial charge on any atom is -0.489 e. The lowest BCUT2D eigenvalue weighted by molar-refractivity contribution is -0.114. The zero-order valence-corrected chi connectivity index (χ0v) is 23.9. The summed E-state index contributed by atoms with van der Waals surface area (Å²) in [5.74, 6) is 2.18. The molecule has 1 aromatic heterocycles. The van der Waals surface area contributed by atoms with Crippen molar-refractivity contribution in [3.63, 3.8) is 0 Å². The molecule has 0 radical (unpaired) electrons. The number of allylic oxidation sites excluding steroid dienone is 2. The van der Waals surface area contributed by atoms with E-state index in [1.807, 2.05) is 54.1 Å². The Hall–Kier alpha value is -3.84. The number of ether oxygens (including phenoxy) is 1. The molecule has 0 aliphatic carbocycles. The molecule has 0 spiro atoms. The van der Waals surface area contributed by atoms with Gasteiger partial charge < -0.3 is 10.1 Å². The molecule has 200 valence electrons. The molecule has 0 fully saturated rings. The summed E-state index contributed by atoms with van der Waals surface area (Å²) in [6.07, 6.45) is 0. The van der Waals surface area contributed by atoms with Crippen LogP contribution in [0.2, 0.25) is 0 Å². The van der Waals surface area contributed by atoms with Crippen molar-refractivity contribution in [2.24, 2.45) is 0 Å². The highest BCUT2D eigenvalue weighted by Gasteiger charge is 2.32. The maximum absolute atomic E-state index is 12.7. The first-order valence-corrected chi connectivity index (χ1v) is 14.1. The minimum atomic E-state index is -0.365. The molecule has 3 aromatic carbocycles. The Morgan fingerprint density at radius 3 is 2.31 bits per heavy atom. The number of nitrogens with zero attached hydrogens (tertiary/aromatic N) is 3. The molecule has 0 saturated carbocycles. The molecule has 1 aliphatic rings. The summed E-state index contributed by atoms with van der Waals surface area (Å²) in [7, 11) is 0. The Kier molecular flexibility index (Phi) is 7.62. The standard InChI is InChI=1S/C32H34N4O2S/c1-21-28(22(2)37)29(36-30(33-21)34-31(35-36)39-20-24-9-7-6-8-10-24)25-13-17-27(18-14-25)38-19-23-11-15-26(16-12-23)32(3,4)5/h6-18,29H,19-20H2,1-5H3,(H,33,34,35). The monoisotopic (exact) mass is 538 g/mol. The van der Waals surface area contributed by atoms with E-state index in [0.717, 1.165) is 28.3 Å². The molecule has 1 unspecified atom stereocenters. The number of anilines is 1. The highest BCUT2D eigenvalue weighted by molar-refractivity contribution is 7.98. The van der Waals surface area contributed by atoms with Gasteiger partial charge in [-0.15, -0.1) is 5.10 Å². The molecule has 0 amide bonds. The number of aromatic nitrogens is 3. The summed E-state index contributed by atoms with van der Waals surface area (Å²) in [4.78, 5) is 17.5. The molecular weight excluding hydrogens is 504 g/mol. The van der Waals surface area contributed by atoms with Gasteiger partial charge in [0.2, 0.25) is 11.1 Å². The number of fused-ring (bicyclic) bond motifs is 1. The molecule has 0 saturated heterocycles. The lowest BCUT2D eigenvalue weighted by atomic mass is 9.87. The summed E-state index contributed by atoms with van der Waals surface area (Å²) < 4.78 is 7.90. The third kappa shape index (κ3) is 6.09. The van der Waals surface area contributed by atoms with Crippen LogP contribution in [0.5, 0.6) is 5.75 Å². The van der Waals surface area contributed by atoms with Gasteiger partial charge >= 0.3 is 0 Å². The Balaban J connectivity index is 1.34. The summed E-state index contributed by atoms with van der Waals surface area (Å²) in [5.41, 5.74) is 6.19. The minimum absolute atomic E-state index is 0.00340. The number of carbonyl (C=O) groups is 1. The van der Waals surface area contributed by atoms with E-state index in [1.165, 1.54) is 11.1 Å². The van der Waals surface area contributed by atoms with Crippen LogP contribution in [0.4, 0.5) is 5.95 Å². The summed E-state index contributed by atoms with van der Waals surface area (Å²) in [6.45, 7) is 10.6. The molecule has 7 heteroatoms. The quantitative estimate of drug-likeness (QED) is 0.237. The van der Waals surface area contributed by atoms with Crippen molar-refractivity contribution in [2.45, 2.75) is 63.6 Å². The van der Waals surface area contributed by atoms with Crippen molar-refractivity contribution in [3.05, 3.63) is 112 Å². The van der Waals surface area contributed by atoms with E-state index >= 15 is 0 Å². The van der Waals surface area contributed by atoms with Crippen LogP contribution in [0.3, 0.4) is 0 Å². The topological polar surface area (TPSA) is 69.0 Å². The fourth-order valence-electron chi connectivity index (χ4n) is 4.69. The van der Waals surface area contributed by atoms with Crippen molar-refractivity contribution in [1.29, 1.82) is 0 Å². The van der Waals surface area contributed by atoms with Gasteiger partial charge in [0.15, 0.2) is 5.78 Å². The number of ketones is 1. The van der Waals surface area contributed by atoms with Gasteiger partial charge in [-0.1, -0.05) is 99.3 Å². The first-order valence-electron chi connectivity index (χ1n) is 13.1. The molecule has 39 heavy (non-hydrogen) atoms. The van der Waals surface area contributed by atoms with E-state index in [0.29, 0.717) is 23.3 Å². The van der Waals surface area contributed by atoms with Crippen LogP contribution in [-0.2, 0) is 22.6 Å². The second-order valence-corrected chi connectivity index (χ2v) is 11.8. The predicted octanol–water partition coefficient (Wildman–Crippen LogP) is 7.32. The van der Waals surface area contributed by atoms with Gasteiger partial charge in [-0.3, -0.25) is 4.79 Å². The van der Waals surface area contributed by atoms with Crippen molar-refractivity contribution < 1.29 is 9.53 Å². The number of Topliss-reactive ketones (excluding diaryl/α,β-unsaturated/α-hetero) is 1. The highest BCUT2D eigenvalue weighted by Crippen LogP contribution is 2.37. The molecular formula is C32H34N4O2S. The van der Waals surface area contributed by atoms with Gasteiger partial charge in [-0.05, 0) is 53.6 Å². The Labute approximate surface area is 234 Å². The van der Waals surface area contributed by atoms with E-state index in [-0.39, 0.29) is 17.2 Å². The fourth-order valence-corrected chi connectivity index (χ4v) is 5.48. The Morgan fingerprint density at radius 1 is 0.974 bits per heavy atom. The van der Waals surface area contributed by atoms with E-state index in [4.69, 9.17) is 14.8 Å². The summed E-state index contributed by atoms with van der Waals surface area (Å²) >= 11 is 1.58. The second-order valence-electron chi connectivity index (χ2n) is 10.9. The van der Waals surface area contributed by atoms with Crippen LogP contribution in [0, 0.1) is 0 Å². The highest BCUT2D eigenvalue weighted by atomic mass is 32.2. The summed E-state index contributed by atoms with van der Waals surface area (Å²) in [5, 5.41) is 8.75. The van der Waals surface area contributed by atoms with E-state index < -0.39 is 0 Å². The Bertz CT molecular complexity index is 1480. The maximum atomic E-state index is 12.7. The predicted molar refractivity (Wildman–Crippen MR) is 157 cm³/mol. The van der Waals surface area contributed by atoms with Crippen LogP contribution in [0.25, 0.3) is 0 Å². The summed E-state index contributed by atoms with van der Waals surface area (Å²) in [6, 6.07) is 26.4. The molecule has 1 aliphatic heterocycles. The SMILES string of the molecule is CC(=O)C1=C(C)Nc2nc(SCc3ccccc3)nn2C1c1ccc(OCc2ccc(C(C)(C)C)cc2)cc1. The van der Waals surface area contributed by atoms with Crippen molar-refractivity contribution in [2.75, 3.05) is 5.32 Å². The van der Waals surface area contributed by atoms with Crippen LogP contribution in [0.15, 0.2) is 95.3 Å². The first kappa shape index (κ1) is 26.8. The van der Waals surface area contributed by atoms with Crippen molar-refractivity contribution >= 4 is 23.5 Å². The zero-order valence-electron chi connectivity index (χ0n) is 23.1. The normalized spacial score (nSPS) is 15.1. The third-order valence-electron chi connectivity index (χ3n) is 6.84. The lowest BCUT2D eigenvalue weighted by Crippen LogP contribution is -2.27. The van der Waals surface area contributed by atoms with Crippen molar-refractivity contribution in [1.82, 2.24) is 14.8 Å². The second kappa shape index (κ2) is 11.1. The smallest absolute Gasteiger partial charge is 0.227 e. The van der Waals surface area contributed by atoms with E-state index in [1.54, 1.807) is 18.7 Å². The number of thioether (sulfide) groups is 1. The van der Waals surface area contributed by atoms with Crippen LogP contribution in [0.1, 0.15) is 62.9 Å². The van der Waals surface area contributed by atoms with Gasteiger partial charge in [0.25, 0.3) is 0 Å². The number of benzene rings is 3. The van der Waals surface area contributed by atoms with Crippen LogP contribution < -0.4 is 10.1 Å². The van der Waals surface area contributed by atoms with Crippen molar-refractivity contribution in [3.8, 4) is 5.75 Å². The zero-order chi connectivity index (χ0) is 27.6. The van der Waals surface area contributed by atoms with Crippen LogP contribution in [-0.4, -0.2) is 20.5 Å². The Morgan fingerprint density at radius 2 is 1.67 bits per heavy atom. The van der Waals surface area contributed by atoms with E-state index in [9.17, 15) is 4.79 Å². The number of carbonyl (C=O) groups excluding carboxylic acids is 1.